The van der Waals surface area contributed by atoms with E-state index in [0.717, 1.165) is 54.6 Å². The molecule has 3 heterocycles. The van der Waals surface area contributed by atoms with Crippen LogP contribution in [0, 0.1) is 0 Å². The number of hydrogen-bond acceptors (Lipinski definition) is 6. The molecule has 98 valence electrons. The maximum absolute atomic E-state index is 6.23. The maximum Gasteiger partial charge on any atom is 0.224 e. The van der Waals surface area contributed by atoms with E-state index in [0.29, 0.717) is 0 Å². The van der Waals surface area contributed by atoms with E-state index in [1.807, 2.05) is 0 Å². The van der Waals surface area contributed by atoms with Gasteiger partial charge < -0.3 is 4.74 Å². The van der Waals surface area contributed by atoms with E-state index >= 15 is 0 Å². The smallest absolute Gasteiger partial charge is 0.224 e. The minimum Gasteiger partial charge on any atom is -0.381 e. The molecule has 0 radical (unpaired) electrons. The molecule has 2 aliphatic rings. The molecular weight excluding hydrogens is 272 g/mol. The van der Waals surface area contributed by atoms with Crippen LogP contribution in [0.2, 0.25) is 5.28 Å². The average Bonchev–Trinajstić information content (AvgIpc) is 2.86. The van der Waals surface area contributed by atoms with Gasteiger partial charge in [0.25, 0.3) is 0 Å². The Bertz CT molecular complexity index is 453. The van der Waals surface area contributed by atoms with Crippen LogP contribution >= 0.6 is 23.4 Å². The Hall–Kier alpha value is -0.560. The van der Waals surface area contributed by atoms with Crippen LogP contribution in [0.25, 0.3) is 0 Å². The highest BCUT2D eigenvalue weighted by molar-refractivity contribution is 7.99. The summed E-state index contributed by atoms with van der Waals surface area (Å²) in [4.78, 5) is 9.67. The summed E-state index contributed by atoms with van der Waals surface area (Å²) >= 11 is 7.73. The van der Waals surface area contributed by atoms with Crippen LogP contribution in [0.4, 0.5) is 5.82 Å². The van der Waals surface area contributed by atoms with Gasteiger partial charge in [-0.25, -0.2) is 10.8 Å². The number of aromatic nitrogens is 2. The number of rotatable bonds is 2. The van der Waals surface area contributed by atoms with Crippen LogP contribution in [-0.4, -0.2) is 35.0 Å². The summed E-state index contributed by atoms with van der Waals surface area (Å²) in [5.74, 6) is 8.03. The minimum atomic E-state index is 0.273. The van der Waals surface area contributed by atoms with Crippen molar-refractivity contribution in [2.45, 2.75) is 30.2 Å². The first-order valence-electron chi connectivity index (χ1n) is 6.06. The third kappa shape index (κ3) is 2.30. The Labute approximate surface area is 115 Å². The molecule has 18 heavy (non-hydrogen) atoms. The maximum atomic E-state index is 6.23. The first kappa shape index (κ1) is 12.5. The van der Waals surface area contributed by atoms with E-state index in [9.17, 15) is 0 Å². The molecule has 0 spiro atoms. The Morgan fingerprint density at radius 1 is 1.33 bits per heavy atom. The molecule has 1 aromatic heterocycles. The molecule has 0 bridgehead atoms. The van der Waals surface area contributed by atoms with Gasteiger partial charge in [-0.05, 0) is 24.4 Å². The molecule has 0 saturated carbocycles. The zero-order valence-corrected chi connectivity index (χ0v) is 11.5. The highest BCUT2D eigenvalue weighted by atomic mass is 35.5. The first-order chi connectivity index (χ1) is 8.75. The van der Waals surface area contributed by atoms with E-state index in [2.05, 4.69) is 9.97 Å². The van der Waals surface area contributed by atoms with Crippen molar-refractivity contribution in [3.63, 3.8) is 0 Å². The van der Waals surface area contributed by atoms with Crippen molar-refractivity contribution < 1.29 is 4.74 Å². The third-order valence-corrected chi connectivity index (χ3v) is 4.59. The molecule has 1 fully saturated rings. The Kier molecular flexibility index (Phi) is 3.61. The van der Waals surface area contributed by atoms with Gasteiger partial charge in [-0.1, -0.05) is 0 Å². The summed E-state index contributed by atoms with van der Waals surface area (Å²) in [5.41, 5.74) is 1.03. The van der Waals surface area contributed by atoms with Crippen molar-refractivity contribution in [3.8, 4) is 0 Å². The highest BCUT2D eigenvalue weighted by Gasteiger charge is 2.27. The lowest BCUT2D eigenvalue weighted by Gasteiger charge is -2.32. The van der Waals surface area contributed by atoms with Crippen LogP contribution < -0.4 is 10.9 Å². The molecule has 1 aromatic rings. The lowest BCUT2D eigenvalue weighted by Crippen LogP contribution is -2.45. The number of hydrazine groups is 1. The molecule has 5 nitrogen and oxygen atoms in total. The number of ether oxygens (including phenoxy) is 1. The molecule has 2 aliphatic heterocycles. The van der Waals surface area contributed by atoms with Gasteiger partial charge in [0.2, 0.25) is 5.28 Å². The fourth-order valence-electron chi connectivity index (χ4n) is 2.33. The van der Waals surface area contributed by atoms with Crippen LogP contribution in [0.15, 0.2) is 4.90 Å². The van der Waals surface area contributed by atoms with Crippen molar-refractivity contribution in [2.24, 2.45) is 5.84 Å². The molecule has 0 amide bonds. The average molecular weight is 287 g/mol. The number of nitrogens with zero attached hydrogens (tertiary/aromatic N) is 3. The van der Waals surface area contributed by atoms with E-state index in [1.165, 1.54) is 0 Å². The number of halogens is 1. The highest BCUT2D eigenvalue weighted by Crippen LogP contribution is 2.38. The standard InChI is InChI=1S/C11H15ClN4OS/c12-11-14-8-3-6-18-9(8)10(15-11)16(13)7-1-4-17-5-2-7/h7H,1-6,13H2. The number of hydrogen-bond donors (Lipinski definition) is 1. The molecule has 2 N–H and O–H groups in total. The van der Waals surface area contributed by atoms with E-state index < -0.39 is 0 Å². The predicted molar refractivity (Wildman–Crippen MR) is 72.0 cm³/mol. The minimum absolute atomic E-state index is 0.273. The van der Waals surface area contributed by atoms with Gasteiger partial charge in [-0.3, -0.25) is 5.01 Å². The van der Waals surface area contributed by atoms with Crippen LogP contribution in [0.5, 0.6) is 0 Å². The van der Waals surface area contributed by atoms with Crippen LogP contribution in [0.1, 0.15) is 18.5 Å². The molecular formula is C11H15ClN4OS. The molecule has 7 heteroatoms. The van der Waals surface area contributed by atoms with E-state index in [4.69, 9.17) is 22.2 Å². The van der Waals surface area contributed by atoms with Gasteiger partial charge >= 0.3 is 0 Å². The second kappa shape index (κ2) is 5.21. The molecule has 0 atom stereocenters. The summed E-state index contributed by atoms with van der Waals surface area (Å²) in [6.45, 7) is 1.51. The second-order valence-electron chi connectivity index (χ2n) is 4.44. The monoisotopic (exact) mass is 286 g/mol. The number of nitrogens with two attached hydrogens (primary N) is 1. The lowest BCUT2D eigenvalue weighted by atomic mass is 10.1. The molecule has 3 rings (SSSR count). The number of aryl methyl sites for hydroxylation is 1. The van der Waals surface area contributed by atoms with E-state index in [1.54, 1.807) is 16.8 Å². The molecule has 0 unspecified atom stereocenters. The lowest BCUT2D eigenvalue weighted by molar-refractivity contribution is 0.0842. The summed E-state index contributed by atoms with van der Waals surface area (Å²) in [5, 5.41) is 2.04. The van der Waals surface area contributed by atoms with Gasteiger partial charge in [0.1, 0.15) is 0 Å². The fourth-order valence-corrected chi connectivity index (χ4v) is 3.61. The summed E-state index contributed by atoms with van der Waals surface area (Å²) in [7, 11) is 0. The third-order valence-electron chi connectivity index (χ3n) is 3.30. The van der Waals surface area contributed by atoms with Crippen molar-refractivity contribution in [1.82, 2.24) is 9.97 Å². The summed E-state index contributed by atoms with van der Waals surface area (Å²) in [6, 6.07) is 0.273. The fraction of sp³-hybridized carbons (Fsp3) is 0.636. The number of thioether (sulfide) groups is 1. The number of fused-ring (bicyclic) bond motifs is 1. The van der Waals surface area contributed by atoms with Gasteiger partial charge in [0, 0.05) is 25.4 Å². The van der Waals surface area contributed by atoms with Crippen molar-refractivity contribution >= 4 is 29.2 Å². The van der Waals surface area contributed by atoms with Crippen molar-refractivity contribution in [3.05, 3.63) is 11.0 Å². The van der Waals surface area contributed by atoms with Crippen LogP contribution in [0.3, 0.4) is 0 Å². The zero-order chi connectivity index (χ0) is 12.5. The van der Waals surface area contributed by atoms with Crippen LogP contribution in [-0.2, 0) is 11.2 Å². The van der Waals surface area contributed by atoms with Gasteiger partial charge in [-0.2, -0.15) is 4.98 Å². The topological polar surface area (TPSA) is 64.3 Å². The Morgan fingerprint density at radius 2 is 2.11 bits per heavy atom. The predicted octanol–water partition coefficient (Wildman–Crippen LogP) is 1.64. The normalized spacial score (nSPS) is 19.9. The molecule has 0 aliphatic carbocycles. The Balaban J connectivity index is 1.91. The molecule has 0 aromatic carbocycles. The molecule has 1 saturated heterocycles. The Morgan fingerprint density at radius 3 is 2.89 bits per heavy atom. The quantitative estimate of drug-likeness (QED) is 0.506. The summed E-state index contributed by atoms with van der Waals surface area (Å²) < 4.78 is 5.36. The zero-order valence-electron chi connectivity index (χ0n) is 9.93. The van der Waals surface area contributed by atoms with Crippen molar-refractivity contribution in [1.29, 1.82) is 0 Å². The van der Waals surface area contributed by atoms with Gasteiger partial charge in [-0.15, -0.1) is 11.8 Å². The first-order valence-corrected chi connectivity index (χ1v) is 7.43. The largest absolute Gasteiger partial charge is 0.381 e. The second-order valence-corrected chi connectivity index (χ2v) is 5.88. The SMILES string of the molecule is NN(c1nc(Cl)nc2c1SCC2)C1CCOCC1. The summed E-state index contributed by atoms with van der Waals surface area (Å²) in [6.07, 6.45) is 2.80. The van der Waals surface area contributed by atoms with E-state index in [-0.39, 0.29) is 11.3 Å². The van der Waals surface area contributed by atoms with Gasteiger partial charge in [0.05, 0.1) is 16.6 Å². The van der Waals surface area contributed by atoms with Crippen molar-refractivity contribution in [2.75, 3.05) is 24.0 Å². The van der Waals surface area contributed by atoms with Gasteiger partial charge in [0.15, 0.2) is 5.82 Å². The number of anilines is 1.